The number of nitrogens with zero attached hydrogens (tertiary/aromatic N) is 3. The molecule has 1 spiro atoms. The van der Waals surface area contributed by atoms with Crippen LogP contribution in [0.1, 0.15) is 68.4 Å². The maximum absolute atomic E-state index is 12.7. The Morgan fingerprint density at radius 3 is 2.88 bits per heavy atom. The molecular weight excluding hydrogens is 318 g/mol. The highest BCUT2D eigenvalue weighted by molar-refractivity contribution is 5.92. The van der Waals surface area contributed by atoms with Gasteiger partial charge in [-0.25, -0.2) is 4.68 Å². The van der Waals surface area contributed by atoms with Gasteiger partial charge in [0.05, 0.1) is 18.3 Å². The molecule has 7 heteroatoms. The van der Waals surface area contributed by atoms with Crippen molar-refractivity contribution in [1.82, 2.24) is 25.6 Å². The maximum Gasteiger partial charge on any atom is 0.273 e. The molecule has 7 nitrogen and oxygen atoms in total. The van der Waals surface area contributed by atoms with E-state index in [0.29, 0.717) is 17.8 Å². The summed E-state index contributed by atoms with van der Waals surface area (Å²) in [4.78, 5) is 12.7. The largest absolute Gasteiger partial charge is 0.378 e. The molecule has 1 aliphatic heterocycles. The van der Waals surface area contributed by atoms with Gasteiger partial charge in [0.25, 0.3) is 5.91 Å². The quantitative estimate of drug-likeness (QED) is 0.847. The summed E-state index contributed by atoms with van der Waals surface area (Å²) >= 11 is 0. The summed E-state index contributed by atoms with van der Waals surface area (Å²) in [6, 6.07) is 0.561. The molecule has 2 unspecified atom stereocenters. The molecule has 0 aromatic carbocycles. The molecule has 138 valence electrons. The smallest absolute Gasteiger partial charge is 0.273 e. The standard InChI is InChI=1S/C18H29N5O2/c1-2-25-16-11-15(18(16)7-3-4-8-18)20-17(24)14-12-23(22-21-14)13-5-9-19-10-6-13/h12-13,15-16,19H,2-11H2,1H3,(H,20,24). The summed E-state index contributed by atoms with van der Waals surface area (Å²) < 4.78 is 7.79. The molecule has 2 saturated carbocycles. The lowest BCUT2D eigenvalue weighted by atomic mass is 9.60. The zero-order chi connectivity index (χ0) is 17.3. The first-order valence-electron chi connectivity index (χ1n) is 9.78. The Morgan fingerprint density at radius 2 is 2.16 bits per heavy atom. The monoisotopic (exact) mass is 347 g/mol. The SMILES string of the molecule is CCOC1CC(NC(=O)c2cn(C3CCNCC3)nn2)C12CCCC2. The van der Waals surface area contributed by atoms with Crippen LogP contribution in [0.4, 0.5) is 0 Å². The average molecular weight is 347 g/mol. The lowest BCUT2D eigenvalue weighted by Gasteiger charge is -2.53. The molecule has 0 radical (unpaired) electrons. The molecule has 1 amide bonds. The van der Waals surface area contributed by atoms with E-state index >= 15 is 0 Å². The summed E-state index contributed by atoms with van der Waals surface area (Å²) in [6.45, 7) is 4.79. The van der Waals surface area contributed by atoms with Crippen molar-refractivity contribution in [3.63, 3.8) is 0 Å². The number of carbonyl (C=O) groups excluding carboxylic acids is 1. The highest BCUT2D eigenvalue weighted by Crippen LogP contribution is 2.54. The van der Waals surface area contributed by atoms with Gasteiger partial charge in [-0.2, -0.15) is 0 Å². The van der Waals surface area contributed by atoms with E-state index in [1.54, 1.807) is 0 Å². The molecule has 2 heterocycles. The number of nitrogens with one attached hydrogen (secondary N) is 2. The van der Waals surface area contributed by atoms with Crippen LogP contribution in [0, 0.1) is 5.41 Å². The molecule has 4 rings (SSSR count). The van der Waals surface area contributed by atoms with Gasteiger partial charge in [-0.15, -0.1) is 5.10 Å². The topological polar surface area (TPSA) is 81.1 Å². The first-order valence-corrected chi connectivity index (χ1v) is 9.78. The molecule has 3 aliphatic rings. The molecule has 0 bridgehead atoms. The fourth-order valence-electron chi connectivity index (χ4n) is 4.95. The Kier molecular flexibility index (Phi) is 4.78. The Morgan fingerprint density at radius 1 is 1.40 bits per heavy atom. The van der Waals surface area contributed by atoms with Gasteiger partial charge in [0, 0.05) is 18.1 Å². The molecule has 3 fully saturated rings. The zero-order valence-electron chi connectivity index (χ0n) is 15.0. The highest BCUT2D eigenvalue weighted by atomic mass is 16.5. The van der Waals surface area contributed by atoms with E-state index < -0.39 is 0 Å². The van der Waals surface area contributed by atoms with Gasteiger partial charge < -0.3 is 15.4 Å². The predicted octanol–water partition coefficient (Wildman–Crippen LogP) is 1.67. The molecule has 1 saturated heterocycles. The Hall–Kier alpha value is -1.47. The summed E-state index contributed by atoms with van der Waals surface area (Å²) in [7, 11) is 0. The van der Waals surface area contributed by atoms with Crippen molar-refractivity contribution < 1.29 is 9.53 Å². The lowest BCUT2D eigenvalue weighted by Crippen LogP contribution is -2.63. The minimum atomic E-state index is -0.0913. The molecule has 1 aromatic heterocycles. The summed E-state index contributed by atoms with van der Waals surface area (Å²) in [5.41, 5.74) is 0.586. The van der Waals surface area contributed by atoms with Gasteiger partial charge in [0.2, 0.25) is 0 Å². The maximum atomic E-state index is 12.7. The molecule has 2 N–H and O–H groups in total. The van der Waals surface area contributed by atoms with E-state index in [1.807, 2.05) is 17.8 Å². The van der Waals surface area contributed by atoms with Crippen molar-refractivity contribution in [3.05, 3.63) is 11.9 Å². The van der Waals surface area contributed by atoms with Crippen LogP contribution < -0.4 is 10.6 Å². The van der Waals surface area contributed by atoms with Crippen molar-refractivity contribution in [2.75, 3.05) is 19.7 Å². The van der Waals surface area contributed by atoms with Crippen molar-refractivity contribution in [2.24, 2.45) is 5.41 Å². The van der Waals surface area contributed by atoms with E-state index in [1.165, 1.54) is 12.8 Å². The first-order chi connectivity index (χ1) is 12.2. The lowest BCUT2D eigenvalue weighted by molar-refractivity contribution is -0.127. The molecule has 25 heavy (non-hydrogen) atoms. The van der Waals surface area contributed by atoms with Crippen molar-refractivity contribution in [3.8, 4) is 0 Å². The third-order valence-corrected chi connectivity index (χ3v) is 6.42. The fraction of sp³-hybridized carbons (Fsp3) is 0.833. The summed E-state index contributed by atoms with van der Waals surface area (Å²) in [6.07, 6.45) is 9.89. The number of carbonyl (C=O) groups is 1. The van der Waals surface area contributed by atoms with Crippen LogP contribution in [0.5, 0.6) is 0 Å². The predicted molar refractivity (Wildman–Crippen MR) is 93.3 cm³/mol. The van der Waals surface area contributed by atoms with E-state index in [-0.39, 0.29) is 17.4 Å². The van der Waals surface area contributed by atoms with Crippen LogP contribution in [-0.4, -0.2) is 52.7 Å². The van der Waals surface area contributed by atoms with Gasteiger partial charge in [-0.3, -0.25) is 4.79 Å². The van der Waals surface area contributed by atoms with E-state index in [2.05, 4.69) is 20.9 Å². The number of hydrogen-bond acceptors (Lipinski definition) is 5. The normalized spacial score (nSPS) is 28.8. The van der Waals surface area contributed by atoms with Gasteiger partial charge in [-0.1, -0.05) is 18.1 Å². The van der Waals surface area contributed by atoms with Crippen molar-refractivity contribution in [2.45, 2.75) is 70.1 Å². The number of amides is 1. The van der Waals surface area contributed by atoms with Crippen LogP contribution in [-0.2, 0) is 4.74 Å². The number of hydrogen-bond donors (Lipinski definition) is 2. The second-order valence-corrected chi connectivity index (χ2v) is 7.71. The third-order valence-electron chi connectivity index (χ3n) is 6.42. The van der Waals surface area contributed by atoms with Crippen LogP contribution in [0.2, 0.25) is 0 Å². The summed E-state index contributed by atoms with van der Waals surface area (Å²) in [5, 5.41) is 14.9. The van der Waals surface area contributed by atoms with Crippen molar-refractivity contribution >= 4 is 5.91 Å². The highest BCUT2D eigenvalue weighted by Gasteiger charge is 2.57. The molecule has 2 atom stereocenters. The van der Waals surface area contributed by atoms with E-state index in [0.717, 1.165) is 51.8 Å². The van der Waals surface area contributed by atoms with Crippen LogP contribution >= 0.6 is 0 Å². The first kappa shape index (κ1) is 17.0. The van der Waals surface area contributed by atoms with Gasteiger partial charge in [-0.05, 0) is 52.1 Å². The van der Waals surface area contributed by atoms with E-state index in [4.69, 9.17) is 4.74 Å². The van der Waals surface area contributed by atoms with Crippen LogP contribution in [0.3, 0.4) is 0 Å². The Labute approximate surface area is 148 Å². The van der Waals surface area contributed by atoms with Crippen LogP contribution in [0.25, 0.3) is 0 Å². The second-order valence-electron chi connectivity index (χ2n) is 7.71. The minimum Gasteiger partial charge on any atom is -0.378 e. The van der Waals surface area contributed by atoms with Crippen LogP contribution in [0.15, 0.2) is 6.20 Å². The summed E-state index contributed by atoms with van der Waals surface area (Å²) in [5.74, 6) is -0.0913. The second kappa shape index (κ2) is 7.03. The van der Waals surface area contributed by atoms with Crippen molar-refractivity contribution in [1.29, 1.82) is 0 Å². The molecule has 2 aliphatic carbocycles. The van der Waals surface area contributed by atoms with Gasteiger partial charge in [0.15, 0.2) is 5.69 Å². The number of rotatable bonds is 5. The number of ether oxygens (including phenoxy) is 1. The zero-order valence-corrected chi connectivity index (χ0v) is 15.0. The fourth-order valence-corrected chi connectivity index (χ4v) is 4.95. The van der Waals surface area contributed by atoms with E-state index in [9.17, 15) is 4.79 Å². The number of aromatic nitrogens is 3. The molecular formula is C18H29N5O2. The Bertz CT molecular complexity index is 604. The number of piperidine rings is 1. The average Bonchev–Trinajstić information content (AvgIpc) is 3.32. The molecule has 1 aromatic rings. The third kappa shape index (κ3) is 3.08. The van der Waals surface area contributed by atoms with Gasteiger partial charge >= 0.3 is 0 Å². The minimum absolute atomic E-state index is 0.0913. The van der Waals surface area contributed by atoms with Gasteiger partial charge in [0.1, 0.15) is 0 Å². The Balaban J connectivity index is 1.39.